The molecule has 230 valence electrons. The number of hydrogen-bond donors (Lipinski definition) is 3. The second kappa shape index (κ2) is 10.7. The Bertz CT molecular complexity index is 1650. The average Bonchev–Trinajstić information content (AvgIpc) is 3.80. The summed E-state index contributed by atoms with van der Waals surface area (Å²) >= 11 is 6.39. The minimum atomic E-state index is -3.17. The summed E-state index contributed by atoms with van der Waals surface area (Å²) in [5, 5.41) is 9.10. The molecule has 0 spiro atoms. The van der Waals surface area contributed by atoms with Crippen molar-refractivity contribution in [3.8, 4) is 5.75 Å². The minimum Gasteiger partial charge on any atom is -0.480 e. The molecule has 2 aromatic heterocycles. The first-order chi connectivity index (χ1) is 20.4. The van der Waals surface area contributed by atoms with E-state index < -0.39 is 48.3 Å². The van der Waals surface area contributed by atoms with Gasteiger partial charge in [0, 0.05) is 44.2 Å². The molecule has 1 saturated carbocycles. The summed E-state index contributed by atoms with van der Waals surface area (Å²) in [4.78, 5) is 35.6. The van der Waals surface area contributed by atoms with Crippen LogP contribution < -0.4 is 31.1 Å². The van der Waals surface area contributed by atoms with Crippen molar-refractivity contribution >= 4 is 51.6 Å². The topological polar surface area (TPSA) is 113 Å². The molecular weight excluding hydrogens is 594 g/mol. The fraction of sp³-hybridized carbons (Fsp3) is 0.500. The highest BCUT2D eigenvalue weighted by Gasteiger charge is 2.51. The van der Waals surface area contributed by atoms with Crippen LogP contribution in [0.4, 0.5) is 40.7 Å². The maximum absolute atomic E-state index is 15.0. The Morgan fingerprint density at radius 2 is 2.00 bits per heavy atom. The zero-order valence-electron chi connectivity index (χ0n) is 23.4. The third-order valence-electron chi connectivity index (χ3n) is 8.18. The molecule has 0 bridgehead atoms. The highest BCUT2D eigenvalue weighted by atomic mass is 35.5. The van der Waals surface area contributed by atoms with Gasteiger partial charge in [-0.15, -0.1) is 0 Å². The number of piperidine rings is 1. The molecule has 6 rings (SSSR count). The van der Waals surface area contributed by atoms with Gasteiger partial charge in [-0.1, -0.05) is 11.6 Å². The van der Waals surface area contributed by atoms with Crippen molar-refractivity contribution < 1.29 is 27.1 Å². The van der Waals surface area contributed by atoms with Crippen LogP contribution in [0, 0.1) is 11.8 Å². The molecule has 4 heterocycles. The Balaban J connectivity index is 1.33. The molecule has 2 aliphatic heterocycles. The molecule has 2 fully saturated rings. The number of pyridine rings is 1. The van der Waals surface area contributed by atoms with E-state index in [9.17, 15) is 27.2 Å². The van der Waals surface area contributed by atoms with E-state index >= 15 is 0 Å². The second-order valence-electron chi connectivity index (χ2n) is 11.2. The first-order valence-electron chi connectivity index (χ1n) is 14.0. The molecule has 0 radical (unpaired) electrons. The number of alkyl halides is 4. The van der Waals surface area contributed by atoms with Gasteiger partial charge >= 0.3 is 5.92 Å². The fourth-order valence-electron chi connectivity index (χ4n) is 5.68. The first-order valence-corrected chi connectivity index (χ1v) is 14.4. The lowest BCUT2D eigenvalue weighted by Gasteiger charge is -2.37. The van der Waals surface area contributed by atoms with Crippen molar-refractivity contribution in [1.29, 1.82) is 0 Å². The molecule has 3 aliphatic rings. The number of anilines is 4. The van der Waals surface area contributed by atoms with E-state index in [0.717, 1.165) is 0 Å². The number of nitrogens with one attached hydrogen (secondary N) is 3. The summed E-state index contributed by atoms with van der Waals surface area (Å²) in [6, 6.07) is 3.82. The van der Waals surface area contributed by atoms with Crippen LogP contribution in [-0.2, 0) is 11.8 Å². The van der Waals surface area contributed by atoms with E-state index in [1.165, 1.54) is 22.7 Å². The summed E-state index contributed by atoms with van der Waals surface area (Å²) in [5.74, 6) is -8.79. The van der Waals surface area contributed by atoms with Gasteiger partial charge in [-0.05, 0) is 43.9 Å². The van der Waals surface area contributed by atoms with Crippen LogP contribution in [0.5, 0.6) is 5.75 Å². The molecule has 2 unspecified atom stereocenters. The highest BCUT2D eigenvalue weighted by molar-refractivity contribution is 6.33. The van der Waals surface area contributed by atoms with Gasteiger partial charge in [-0.25, -0.2) is 22.5 Å². The summed E-state index contributed by atoms with van der Waals surface area (Å²) < 4.78 is 65.8. The Labute approximate surface area is 248 Å². The number of amides is 1. The SMILES string of the molecule is CCNC(=O)C1CN(c2ncc(Cl)c(Nc3ccc4c(c3)c3c(c(=O)n4C)OCC(F)(F)C(C4CC4)N3)n2)CCC1(F)F. The number of aromatic nitrogens is 3. The monoisotopic (exact) mass is 623 g/mol. The largest absolute Gasteiger partial charge is 0.480 e. The van der Waals surface area contributed by atoms with Crippen LogP contribution in [0.25, 0.3) is 10.9 Å². The summed E-state index contributed by atoms with van der Waals surface area (Å²) in [5.41, 5.74) is 0.608. The molecule has 3 aromatic rings. The number of benzene rings is 1. The third-order valence-corrected chi connectivity index (χ3v) is 8.46. The molecule has 1 aliphatic carbocycles. The van der Waals surface area contributed by atoms with Gasteiger partial charge in [0.25, 0.3) is 11.5 Å². The van der Waals surface area contributed by atoms with Gasteiger partial charge in [-0.3, -0.25) is 9.59 Å². The molecule has 1 amide bonds. The quantitative estimate of drug-likeness (QED) is 0.343. The summed E-state index contributed by atoms with van der Waals surface area (Å²) in [6.07, 6.45) is 2.10. The molecule has 3 N–H and O–H groups in total. The molecule has 1 aromatic carbocycles. The van der Waals surface area contributed by atoms with Gasteiger partial charge in [0.1, 0.15) is 10.9 Å². The minimum absolute atomic E-state index is 0.0709. The number of halogens is 5. The summed E-state index contributed by atoms with van der Waals surface area (Å²) in [6.45, 7) is 0.623. The maximum Gasteiger partial charge on any atom is 0.301 e. The maximum atomic E-state index is 15.0. The normalized spacial score (nSPS) is 22.6. The van der Waals surface area contributed by atoms with Crippen LogP contribution >= 0.6 is 11.6 Å². The Morgan fingerprint density at radius 1 is 1.23 bits per heavy atom. The molecule has 43 heavy (non-hydrogen) atoms. The van der Waals surface area contributed by atoms with Crippen molar-refractivity contribution in [2.75, 3.05) is 41.8 Å². The number of fused-ring (bicyclic) bond motifs is 3. The van der Waals surface area contributed by atoms with Gasteiger partial charge < -0.3 is 30.2 Å². The second-order valence-corrected chi connectivity index (χ2v) is 11.6. The molecule has 2 atom stereocenters. The number of aryl methyl sites for hydroxylation is 1. The van der Waals surface area contributed by atoms with Crippen molar-refractivity contribution in [1.82, 2.24) is 19.9 Å². The van der Waals surface area contributed by atoms with Gasteiger partial charge in [0.05, 0.1) is 23.4 Å². The van der Waals surface area contributed by atoms with Crippen molar-refractivity contribution in [3.05, 3.63) is 39.8 Å². The van der Waals surface area contributed by atoms with Crippen LogP contribution in [0.3, 0.4) is 0 Å². The molecule has 15 heteroatoms. The van der Waals surface area contributed by atoms with Gasteiger partial charge in [0.15, 0.2) is 12.4 Å². The number of rotatable bonds is 6. The smallest absolute Gasteiger partial charge is 0.301 e. The first kappa shape index (κ1) is 29.3. The lowest BCUT2D eigenvalue weighted by Crippen LogP contribution is -2.53. The lowest BCUT2D eigenvalue weighted by atomic mass is 9.93. The number of hydrogen-bond acceptors (Lipinski definition) is 8. The molecule has 10 nitrogen and oxygen atoms in total. The zero-order chi connectivity index (χ0) is 30.7. The predicted octanol–water partition coefficient (Wildman–Crippen LogP) is 4.54. The van der Waals surface area contributed by atoms with Crippen molar-refractivity contribution in [2.24, 2.45) is 18.9 Å². The van der Waals surface area contributed by atoms with E-state index in [2.05, 4.69) is 25.9 Å². The Morgan fingerprint density at radius 3 is 2.72 bits per heavy atom. The van der Waals surface area contributed by atoms with Crippen molar-refractivity contribution in [3.63, 3.8) is 0 Å². The molecule has 1 saturated heterocycles. The predicted molar refractivity (Wildman–Crippen MR) is 154 cm³/mol. The summed E-state index contributed by atoms with van der Waals surface area (Å²) in [7, 11) is 1.53. The van der Waals surface area contributed by atoms with E-state index in [1.54, 1.807) is 25.1 Å². The fourth-order valence-corrected chi connectivity index (χ4v) is 5.82. The van der Waals surface area contributed by atoms with E-state index in [1.807, 2.05) is 0 Å². The standard InChI is InChI=1S/C28H30ClF4N7O3/c1-3-34-24(41)17-12-40(9-8-27(17,30)31)26-35-11-18(29)23(38-26)36-15-6-7-19-16(10-15)20-21(25(42)39(19)2)43-13-28(32,33)22(37-20)14-4-5-14/h6-7,10-11,14,17,22,37H,3-5,8-9,12-13H2,1-2H3,(H,34,41)(H,35,36,38). The number of ether oxygens (including phenoxy) is 1. The van der Waals surface area contributed by atoms with E-state index in [4.69, 9.17) is 16.3 Å². The average molecular weight is 624 g/mol. The lowest BCUT2D eigenvalue weighted by molar-refractivity contribution is -0.141. The Hall–Kier alpha value is -3.81. The third kappa shape index (κ3) is 5.41. The Kier molecular flexibility index (Phi) is 7.30. The zero-order valence-corrected chi connectivity index (χ0v) is 24.2. The number of carbonyl (C=O) groups is 1. The van der Waals surface area contributed by atoms with E-state index in [-0.39, 0.29) is 53.8 Å². The van der Waals surface area contributed by atoms with Crippen LogP contribution in [0.15, 0.2) is 29.2 Å². The van der Waals surface area contributed by atoms with Gasteiger partial charge in [0.2, 0.25) is 17.6 Å². The van der Waals surface area contributed by atoms with Crippen LogP contribution in [0.1, 0.15) is 26.2 Å². The van der Waals surface area contributed by atoms with Gasteiger partial charge in [-0.2, -0.15) is 4.98 Å². The van der Waals surface area contributed by atoms with E-state index in [0.29, 0.717) is 29.4 Å². The number of carbonyl (C=O) groups excluding carboxylic acids is 1. The van der Waals surface area contributed by atoms with Crippen molar-refractivity contribution in [2.45, 2.75) is 44.1 Å². The van der Waals surface area contributed by atoms with Crippen LogP contribution in [0.2, 0.25) is 5.02 Å². The highest BCUT2D eigenvalue weighted by Crippen LogP contribution is 2.46. The number of nitrogens with zero attached hydrogens (tertiary/aromatic N) is 4. The molecular formula is C28H30ClF4N7O3. The van der Waals surface area contributed by atoms with Crippen LogP contribution in [-0.4, -0.2) is 64.6 Å².